The molecular weight excluding hydrogens is 242 g/mol. The number of nitrogens with zero attached hydrogens (tertiary/aromatic N) is 3. The maximum absolute atomic E-state index is 11.9. The summed E-state index contributed by atoms with van der Waals surface area (Å²) in [6.45, 7) is 2.23. The second-order valence-electron chi connectivity index (χ2n) is 4.08. The van der Waals surface area contributed by atoms with Crippen LogP contribution in [0.1, 0.15) is 21.7 Å². The number of nitrogen functional groups attached to an aromatic ring is 1. The SMILES string of the molecule is Cc1ncc(C(=O)NCCc2cccnc2)c(N)n1. The molecule has 2 aromatic heterocycles. The molecule has 3 N–H and O–H groups in total. The number of nitrogens with two attached hydrogens (primary N) is 1. The van der Waals surface area contributed by atoms with E-state index in [0.29, 0.717) is 24.4 Å². The lowest BCUT2D eigenvalue weighted by molar-refractivity contribution is 0.0954. The van der Waals surface area contributed by atoms with Crippen LogP contribution >= 0.6 is 0 Å². The van der Waals surface area contributed by atoms with E-state index in [2.05, 4.69) is 20.3 Å². The van der Waals surface area contributed by atoms with E-state index >= 15 is 0 Å². The van der Waals surface area contributed by atoms with Crippen molar-refractivity contribution in [3.05, 3.63) is 47.7 Å². The van der Waals surface area contributed by atoms with Gasteiger partial charge in [0.25, 0.3) is 5.91 Å². The maximum Gasteiger partial charge on any atom is 0.256 e. The van der Waals surface area contributed by atoms with Crippen molar-refractivity contribution in [2.24, 2.45) is 0 Å². The highest BCUT2D eigenvalue weighted by atomic mass is 16.1. The van der Waals surface area contributed by atoms with Gasteiger partial charge in [0.2, 0.25) is 0 Å². The molecule has 2 rings (SSSR count). The zero-order valence-electron chi connectivity index (χ0n) is 10.6. The summed E-state index contributed by atoms with van der Waals surface area (Å²) in [5.74, 6) is 0.483. The average Bonchev–Trinajstić information content (AvgIpc) is 2.39. The van der Waals surface area contributed by atoms with Gasteiger partial charge in [-0.05, 0) is 25.0 Å². The molecule has 0 aliphatic carbocycles. The van der Waals surface area contributed by atoms with Gasteiger partial charge in [0.15, 0.2) is 0 Å². The molecule has 2 heterocycles. The first-order chi connectivity index (χ1) is 9.16. The molecule has 98 valence electrons. The number of carbonyl (C=O) groups is 1. The standard InChI is InChI=1S/C13H15N5O/c1-9-17-8-11(12(14)18-9)13(19)16-6-4-10-3-2-5-15-7-10/h2-3,5,7-8H,4,6H2,1H3,(H,16,19)(H2,14,17,18). The average molecular weight is 257 g/mol. The monoisotopic (exact) mass is 257 g/mol. The van der Waals surface area contributed by atoms with E-state index in [1.807, 2.05) is 12.1 Å². The van der Waals surface area contributed by atoms with Crippen LogP contribution in [-0.2, 0) is 6.42 Å². The molecule has 19 heavy (non-hydrogen) atoms. The quantitative estimate of drug-likeness (QED) is 0.842. The Hall–Kier alpha value is -2.50. The maximum atomic E-state index is 11.9. The normalized spacial score (nSPS) is 10.2. The second kappa shape index (κ2) is 5.90. The molecular formula is C13H15N5O. The molecule has 0 spiro atoms. The number of aromatic nitrogens is 3. The van der Waals surface area contributed by atoms with Crippen molar-refractivity contribution in [1.82, 2.24) is 20.3 Å². The molecule has 0 atom stereocenters. The van der Waals surface area contributed by atoms with Crippen LogP contribution < -0.4 is 11.1 Å². The number of anilines is 1. The highest BCUT2D eigenvalue weighted by molar-refractivity contribution is 5.97. The van der Waals surface area contributed by atoms with Crippen LogP contribution in [0.4, 0.5) is 5.82 Å². The second-order valence-corrected chi connectivity index (χ2v) is 4.08. The summed E-state index contributed by atoms with van der Waals surface area (Å²) in [4.78, 5) is 23.8. The third-order valence-corrected chi connectivity index (χ3v) is 2.61. The van der Waals surface area contributed by atoms with Crippen molar-refractivity contribution >= 4 is 11.7 Å². The molecule has 1 amide bonds. The van der Waals surface area contributed by atoms with Gasteiger partial charge in [-0.3, -0.25) is 9.78 Å². The summed E-state index contributed by atoms with van der Waals surface area (Å²) in [7, 11) is 0. The van der Waals surface area contributed by atoms with Gasteiger partial charge in [-0.25, -0.2) is 9.97 Å². The number of amides is 1. The highest BCUT2D eigenvalue weighted by Gasteiger charge is 2.10. The van der Waals surface area contributed by atoms with Crippen molar-refractivity contribution in [3.63, 3.8) is 0 Å². The molecule has 0 saturated carbocycles. The summed E-state index contributed by atoms with van der Waals surface area (Å²) >= 11 is 0. The van der Waals surface area contributed by atoms with E-state index < -0.39 is 0 Å². The molecule has 0 aliphatic rings. The van der Waals surface area contributed by atoms with Crippen molar-refractivity contribution < 1.29 is 4.79 Å². The lowest BCUT2D eigenvalue weighted by Gasteiger charge is -2.07. The molecule has 0 aromatic carbocycles. The fourth-order valence-electron chi connectivity index (χ4n) is 1.62. The van der Waals surface area contributed by atoms with E-state index in [1.54, 1.807) is 19.3 Å². The molecule has 0 bridgehead atoms. The van der Waals surface area contributed by atoms with Gasteiger partial charge in [0.1, 0.15) is 11.6 Å². The van der Waals surface area contributed by atoms with Gasteiger partial charge in [0.05, 0.1) is 5.56 Å². The zero-order chi connectivity index (χ0) is 13.7. The first-order valence-corrected chi connectivity index (χ1v) is 5.93. The van der Waals surface area contributed by atoms with Crippen LogP contribution in [0.25, 0.3) is 0 Å². The van der Waals surface area contributed by atoms with Crippen molar-refractivity contribution in [3.8, 4) is 0 Å². The minimum Gasteiger partial charge on any atom is -0.383 e. The Labute approximate surface area is 111 Å². The largest absolute Gasteiger partial charge is 0.383 e. The van der Waals surface area contributed by atoms with Gasteiger partial charge in [-0.15, -0.1) is 0 Å². The van der Waals surface area contributed by atoms with E-state index in [4.69, 9.17) is 5.73 Å². The number of rotatable bonds is 4. The molecule has 0 aliphatic heterocycles. The number of aryl methyl sites for hydroxylation is 1. The van der Waals surface area contributed by atoms with E-state index in [1.165, 1.54) is 6.20 Å². The van der Waals surface area contributed by atoms with Crippen LogP contribution in [-0.4, -0.2) is 27.4 Å². The van der Waals surface area contributed by atoms with Crippen LogP contribution in [0.2, 0.25) is 0 Å². The predicted molar refractivity (Wildman–Crippen MR) is 71.5 cm³/mol. The van der Waals surface area contributed by atoms with Gasteiger partial charge < -0.3 is 11.1 Å². The summed E-state index contributed by atoms with van der Waals surface area (Å²) in [6, 6.07) is 3.82. The Kier molecular flexibility index (Phi) is 4.02. The first kappa shape index (κ1) is 12.9. The fourth-order valence-corrected chi connectivity index (χ4v) is 1.62. The molecule has 6 nitrogen and oxygen atoms in total. The molecule has 6 heteroatoms. The van der Waals surface area contributed by atoms with Gasteiger partial charge >= 0.3 is 0 Å². The Morgan fingerprint density at radius 1 is 1.42 bits per heavy atom. The Bertz CT molecular complexity index is 571. The molecule has 2 aromatic rings. The highest BCUT2D eigenvalue weighted by Crippen LogP contribution is 2.06. The van der Waals surface area contributed by atoms with Crippen LogP contribution in [0.5, 0.6) is 0 Å². The van der Waals surface area contributed by atoms with E-state index in [9.17, 15) is 4.79 Å². The molecule has 0 fully saturated rings. The lowest BCUT2D eigenvalue weighted by Crippen LogP contribution is -2.27. The van der Waals surface area contributed by atoms with Crippen molar-refractivity contribution in [1.29, 1.82) is 0 Å². The van der Waals surface area contributed by atoms with Crippen LogP contribution in [0.3, 0.4) is 0 Å². The predicted octanol–water partition coefficient (Wildman–Crippen LogP) is 0.735. The third-order valence-electron chi connectivity index (χ3n) is 2.61. The third kappa shape index (κ3) is 3.48. The molecule has 0 saturated heterocycles. The van der Waals surface area contributed by atoms with E-state index in [-0.39, 0.29) is 11.7 Å². The summed E-state index contributed by atoms with van der Waals surface area (Å²) < 4.78 is 0. The summed E-state index contributed by atoms with van der Waals surface area (Å²) in [5, 5.41) is 2.78. The summed E-state index contributed by atoms with van der Waals surface area (Å²) in [5.41, 5.74) is 7.05. The number of carbonyl (C=O) groups excluding carboxylic acids is 1. The smallest absolute Gasteiger partial charge is 0.256 e. The Balaban J connectivity index is 1.91. The number of hydrogen-bond acceptors (Lipinski definition) is 5. The number of nitrogens with one attached hydrogen (secondary N) is 1. The number of pyridine rings is 1. The molecule has 0 unspecified atom stereocenters. The van der Waals surface area contributed by atoms with Crippen molar-refractivity contribution in [2.75, 3.05) is 12.3 Å². The minimum absolute atomic E-state index is 0.200. The first-order valence-electron chi connectivity index (χ1n) is 5.93. The topological polar surface area (TPSA) is 93.8 Å². The van der Waals surface area contributed by atoms with Gasteiger partial charge in [-0.2, -0.15) is 0 Å². The van der Waals surface area contributed by atoms with E-state index in [0.717, 1.165) is 5.56 Å². The Morgan fingerprint density at radius 3 is 2.95 bits per heavy atom. The lowest BCUT2D eigenvalue weighted by atomic mass is 10.2. The number of hydrogen-bond donors (Lipinski definition) is 2. The van der Waals surface area contributed by atoms with Crippen molar-refractivity contribution in [2.45, 2.75) is 13.3 Å². The van der Waals surface area contributed by atoms with Gasteiger partial charge in [-0.1, -0.05) is 6.07 Å². The molecule has 0 radical (unpaired) electrons. The van der Waals surface area contributed by atoms with Crippen LogP contribution in [0, 0.1) is 6.92 Å². The summed E-state index contributed by atoms with van der Waals surface area (Å²) in [6.07, 6.45) is 5.64. The zero-order valence-corrected chi connectivity index (χ0v) is 10.6. The van der Waals surface area contributed by atoms with Gasteiger partial charge in [0, 0.05) is 25.1 Å². The van der Waals surface area contributed by atoms with Crippen LogP contribution in [0.15, 0.2) is 30.7 Å². The fraction of sp³-hybridized carbons (Fsp3) is 0.231. The minimum atomic E-state index is -0.263. The Morgan fingerprint density at radius 2 is 2.26 bits per heavy atom.